The van der Waals surface area contributed by atoms with Crippen molar-refractivity contribution in [3.8, 4) is 0 Å². The third kappa shape index (κ3) is 11.1. The summed E-state index contributed by atoms with van der Waals surface area (Å²) < 4.78 is 17.5. The van der Waals surface area contributed by atoms with E-state index in [0.717, 1.165) is 6.42 Å². The number of rotatable bonds is 17. The van der Waals surface area contributed by atoms with Gasteiger partial charge in [0.15, 0.2) is 0 Å². The Kier molecular flexibility index (Phi) is 16.0. The number of hydrogen-bond donors (Lipinski definition) is 0. The molecule has 0 bridgehead atoms. The predicted molar refractivity (Wildman–Crippen MR) is 111 cm³/mol. The van der Waals surface area contributed by atoms with Crippen LogP contribution in [0.5, 0.6) is 0 Å². The summed E-state index contributed by atoms with van der Waals surface area (Å²) in [4.78, 5) is 0. The predicted octanol–water partition coefficient (Wildman–Crippen LogP) is 7.18. The van der Waals surface area contributed by atoms with Crippen molar-refractivity contribution in [2.75, 3.05) is 13.2 Å². The second-order valence-corrected chi connectivity index (χ2v) is 21.1. The van der Waals surface area contributed by atoms with E-state index in [9.17, 15) is 0 Å². The molecule has 0 fully saturated rings. The summed E-state index contributed by atoms with van der Waals surface area (Å²) >= 11 is -2.11. The maximum atomic E-state index is 5.75. The Morgan fingerprint density at radius 3 is 1.54 bits per heavy atom. The van der Waals surface area contributed by atoms with Crippen molar-refractivity contribution >= 4 is 18.4 Å². The third-order valence-corrected chi connectivity index (χ3v) is 20.6. The first-order chi connectivity index (χ1) is 11.6. The van der Waals surface area contributed by atoms with Crippen LogP contribution < -0.4 is 0 Å². The molecule has 0 atom stereocenters. The Labute approximate surface area is 156 Å². The van der Waals surface area contributed by atoms with Crippen LogP contribution in [0.1, 0.15) is 79.6 Å². The van der Waals surface area contributed by atoms with Gasteiger partial charge in [0.25, 0.3) is 0 Å². The minimum absolute atomic E-state index is 0.0833. The Hall–Kier alpha value is 0.459. The van der Waals surface area contributed by atoms with Crippen LogP contribution in [-0.2, 0) is 9.47 Å². The Balaban J connectivity index is 4.91. The SMILES string of the molecule is C=C(CC(OCC)OCC)[CH2][Sn]([CH2]CCC)([CH2]CCC)[CH2]CCC. The van der Waals surface area contributed by atoms with E-state index in [1.807, 2.05) is 13.8 Å². The van der Waals surface area contributed by atoms with Crippen LogP contribution in [0.4, 0.5) is 0 Å². The van der Waals surface area contributed by atoms with Gasteiger partial charge < -0.3 is 0 Å². The zero-order valence-corrected chi connectivity index (χ0v) is 20.1. The molecule has 0 unspecified atom stereocenters. The van der Waals surface area contributed by atoms with Gasteiger partial charge in [-0.3, -0.25) is 0 Å². The molecule has 0 radical (unpaired) electrons. The van der Waals surface area contributed by atoms with Crippen LogP contribution in [0.15, 0.2) is 12.2 Å². The van der Waals surface area contributed by atoms with Gasteiger partial charge in [0.1, 0.15) is 0 Å². The van der Waals surface area contributed by atoms with Gasteiger partial charge in [0, 0.05) is 0 Å². The summed E-state index contributed by atoms with van der Waals surface area (Å²) in [6.45, 7) is 17.0. The van der Waals surface area contributed by atoms with Gasteiger partial charge in [-0.05, 0) is 0 Å². The van der Waals surface area contributed by atoms with E-state index in [-0.39, 0.29) is 6.29 Å². The molecule has 0 aromatic rings. The topological polar surface area (TPSA) is 18.5 Å². The summed E-state index contributed by atoms with van der Waals surface area (Å²) in [7, 11) is 0. The summed E-state index contributed by atoms with van der Waals surface area (Å²) in [6, 6.07) is 0. The van der Waals surface area contributed by atoms with Crippen LogP contribution in [0, 0.1) is 0 Å². The minimum atomic E-state index is -2.11. The average molecular weight is 447 g/mol. The molecule has 0 N–H and O–H groups in total. The van der Waals surface area contributed by atoms with Gasteiger partial charge in [0.05, 0.1) is 0 Å². The molecule has 0 aromatic heterocycles. The van der Waals surface area contributed by atoms with Crippen molar-refractivity contribution < 1.29 is 9.47 Å². The fraction of sp³-hybridized carbons (Fsp3) is 0.905. The van der Waals surface area contributed by atoms with E-state index in [2.05, 4.69) is 27.4 Å². The van der Waals surface area contributed by atoms with Crippen molar-refractivity contribution in [1.82, 2.24) is 0 Å². The number of unbranched alkanes of at least 4 members (excludes halogenated alkanes) is 3. The molecule has 0 saturated carbocycles. The molecule has 0 amide bonds. The summed E-state index contributed by atoms with van der Waals surface area (Å²) in [5.41, 5.74) is 1.40. The molecule has 0 rings (SSSR count). The van der Waals surface area contributed by atoms with E-state index >= 15 is 0 Å². The molecular weight excluding hydrogens is 403 g/mol. The zero-order chi connectivity index (χ0) is 18.3. The second kappa shape index (κ2) is 15.7. The van der Waals surface area contributed by atoms with E-state index in [1.54, 1.807) is 13.3 Å². The molecule has 0 heterocycles. The molecule has 0 aromatic carbocycles. The van der Waals surface area contributed by atoms with Crippen LogP contribution in [-0.4, -0.2) is 37.9 Å². The Morgan fingerprint density at radius 2 is 1.21 bits per heavy atom. The molecule has 0 saturated heterocycles. The van der Waals surface area contributed by atoms with E-state index in [1.165, 1.54) is 48.5 Å². The third-order valence-electron chi connectivity index (χ3n) is 4.97. The van der Waals surface area contributed by atoms with Crippen LogP contribution in [0.2, 0.25) is 17.7 Å². The van der Waals surface area contributed by atoms with Crippen molar-refractivity contribution in [2.24, 2.45) is 0 Å². The molecule has 3 heteroatoms. The first-order valence-corrected chi connectivity index (χ1v) is 18.5. The van der Waals surface area contributed by atoms with Gasteiger partial charge in [0.2, 0.25) is 0 Å². The molecule has 0 aliphatic carbocycles. The molecule has 0 aliphatic heterocycles. The maximum absolute atomic E-state index is 5.75. The summed E-state index contributed by atoms with van der Waals surface area (Å²) in [5.74, 6) is 0. The molecule has 0 spiro atoms. The van der Waals surface area contributed by atoms with Gasteiger partial charge in [-0.1, -0.05) is 0 Å². The van der Waals surface area contributed by atoms with Crippen molar-refractivity contribution in [3.63, 3.8) is 0 Å². The normalized spacial score (nSPS) is 12.1. The molecule has 2 nitrogen and oxygen atoms in total. The Morgan fingerprint density at radius 1 is 0.792 bits per heavy atom. The van der Waals surface area contributed by atoms with Crippen LogP contribution in [0.25, 0.3) is 0 Å². The van der Waals surface area contributed by atoms with E-state index in [0.29, 0.717) is 13.2 Å². The van der Waals surface area contributed by atoms with E-state index in [4.69, 9.17) is 9.47 Å². The van der Waals surface area contributed by atoms with Crippen LogP contribution >= 0.6 is 0 Å². The molecular formula is C21H44O2Sn. The van der Waals surface area contributed by atoms with Gasteiger partial charge in [-0.15, -0.1) is 0 Å². The van der Waals surface area contributed by atoms with Gasteiger partial charge in [-0.2, -0.15) is 0 Å². The van der Waals surface area contributed by atoms with Gasteiger partial charge >= 0.3 is 157 Å². The monoisotopic (exact) mass is 448 g/mol. The standard InChI is InChI=1S/C9H17O2.3C4H9.Sn/c1-5-10-9(11-6-2)7-8(3)4;3*1-3-4-2;/h9H,3-7H2,1-2H3;3*1,3-4H2,2H3;. The average Bonchev–Trinajstić information content (AvgIpc) is 2.56. The van der Waals surface area contributed by atoms with E-state index < -0.39 is 18.4 Å². The first-order valence-electron chi connectivity index (χ1n) is 10.5. The number of hydrogen-bond acceptors (Lipinski definition) is 2. The van der Waals surface area contributed by atoms with Crippen LogP contribution in [0.3, 0.4) is 0 Å². The fourth-order valence-corrected chi connectivity index (χ4v) is 20.2. The fourth-order valence-electron chi connectivity index (χ4n) is 3.67. The second-order valence-electron chi connectivity index (χ2n) is 7.28. The summed E-state index contributed by atoms with van der Waals surface area (Å²) in [6.07, 6.45) is 9.11. The van der Waals surface area contributed by atoms with Crippen molar-refractivity contribution in [2.45, 2.75) is 104 Å². The molecule has 144 valence electrons. The molecule has 24 heavy (non-hydrogen) atoms. The molecule has 0 aliphatic rings. The quantitative estimate of drug-likeness (QED) is 0.134. The van der Waals surface area contributed by atoms with Gasteiger partial charge in [-0.25, -0.2) is 0 Å². The first kappa shape index (κ1) is 24.5. The zero-order valence-electron chi connectivity index (χ0n) is 17.3. The van der Waals surface area contributed by atoms with Crippen molar-refractivity contribution in [3.05, 3.63) is 12.2 Å². The van der Waals surface area contributed by atoms with Crippen molar-refractivity contribution in [1.29, 1.82) is 0 Å². The number of ether oxygens (including phenoxy) is 2. The summed E-state index contributed by atoms with van der Waals surface area (Å²) in [5, 5.41) is 0. The Bertz CT molecular complexity index is 276.